The lowest BCUT2D eigenvalue weighted by atomic mass is 9.57. The van der Waals surface area contributed by atoms with Crippen molar-refractivity contribution in [3.05, 3.63) is 196 Å². The van der Waals surface area contributed by atoms with Crippen molar-refractivity contribution in [3.8, 4) is 33.4 Å². The van der Waals surface area contributed by atoms with Crippen molar-refractivity contribution in [2.75, 3.05) is 10.2 Å². The van der Waals surface area contributed by atoms with Crippen LogP contribution in [0, 0.1) is 6.92 Å². The van der Waals surface area contributed by atoms with Crippen LogP contribution in [0.5, 0.6) is 0 Å². The molecule has 0 radical (unpaired) electrons. The molecule has 3 heteroatoms. The number of rotatable bonds is 7. The van der Waals surface area contributed by atoms with Crippen LogP contribution in [-0.2, 0) is 16.2 Å². The van der Waals surface area contributed by atoms with E-state index in [1.54, 1.807) is 0 Å². The third-order valence-corrected chi connectivity index (χ3v) is 14.8. The second kappa shape index (κ2) is 15.4. The number of allylic oxidation sites excluding steroid dienone is 4. The van der Waals surface area contributed by atoms with Gasteiger partial charge in [0, 0.05) is 45.0 Å². The van der Waals surface area contributed by atoms with Crippen LogP contribution in [0.4, 0.5) is 22.7 Å². The molecule has 7 aromatic rings. The fraction of sp³-hybridized carbons (Fsp3) is 0.246. The van der Waals surface area contributed by atoms with Crippen LogP contribution in [0.3, 0.4) is 0 Å². The monoisotopic (exact) mass is 832 g/mol. The lowest BCUT2D eigenvalue weighted by Crippen LogP contribution is -2.43. The Bertz CT molecular complexity index is 3030. The molecule has 3 aliphatic rings. The van der Waals surface area contributed by atoms with E-state index in [4.69, 9.17) is 0 Å². The molecule has 0 atom stereocenters. The third-order valence-electron chi connectivity index (χ3n) is 14.8. The summed E-state index contributed by atoms with van der Waals surface area (Å²) in [7, 11) is 0.813. The molecule has 2 aliphatic carbocycles. The average molecular weight is 833 g/mol. The van der Waals surface area contributed by atoms with E-state index in [0.29, 0.717) is 0 Å². The Labute approximate surface area is 383 Å². The zero-order valence-corrected chi connectivity index (χ0v) is 39.5. The number of fused-ring (bicyclic) bond motifs is 6. The number of benzene rings is 7. The molecule has 0 unspecified atom stereocenters. The fourth-order valence-corrected chi connectivity index (χ4v) is 11.0. The largest absolute Gasteiger partial charge is 0.355 e. The van der Waals surface area contributed by atoms with Gasteiger partial charge in [-0.15, -0.1) is 0 Å². The lowest BCUT2D eigenvalue weighted by molar-refractivity contribution is 0.332. The molecule has 2 nitrogen and oxygen atoms in total. The van der Waals surface area contributed by atoms with Gasteiger partial charge in [0.1, 0.15) is 0 Å². The first-order valence-electron chi connectivity index (χ1n) is 23.3. The quantitative estimate of drug-likeness (QED) is 0.127. The van der Waals surface area contributed by atoms with Crippen LogP contribution in [0.15, 0.2) is 163 Å². The minimum absolute atomic E-state index is 0.0345. The highest BCUT2D eigenvalue weighted by atomic mass is 15.2. The first kappa shape index (κ1) is 41.7. The topological polar surface area (TPSA) is 15.3 Å². The lowest BCUT2D eigenvalue weighted by Gasteiger charge is -2.43. The number of anilines is 4. The van der Waals surface area contributed by atoms with Gasteiger partial charge in [0.15, 0.2) is 7.28 Å². The second-order valence-electron chi connectivity index (χ2n) is 20.9. The molecular weight excluding hydrogens is 771 g/mol. The van der Waals surface area contributed by atoms with Gasteiger partial charge >= 0.3 is 0 Å². The number of nitrogens with one attached hydrogen (secondary N) is 1. The highest BCUT2D eigenvalue weighted by molar-refractivity contribution is 6.73. The van der Waals surface area contributed by atoms with E-state index in [2.05, 4.69) is 231 Å². The molecule has 0 saturated heterocycles. The van der Waals surface area contributed by atoms with Gasteiger partial charge in [0.25, 0.3) is 0 Å². The molecule has 7 aromatic carbocycles. The van der Waals surface area contributed by atoms with Crippen molar-refractivity contribution in [1.29, 1.82) is 0 Å². The van der Waals surface area contributed by atoms with Gasteiger partial charge in [-0.3, -0.25) is 0 Å². The fourth-order valence-electron chi connectivity index (χ4n) is 11.0. The predicted octanol–water partition coefficient (Wildman–Crippen LogP) is 15.0. The third kappa shape index (κ3) is 7.05. The van der Waals surface area contributed by atoms with Gasteiger partial charge in [-0.05, 0) is 155 Å². The Morgan fingerprint density at radius 2 is 1.20 bits per heavy atom. The molecule has 10 rings (SSSR count). The average Bonchev–Trinajstić information content (AvgIpc) is 3.51. The van der Waals surface area contributed by atoms with E-state index >= 15 is 0 Å². The van der Waals surface area contributed by atoms with Gasteiger partial charge in [-0.1, -0.05) is 167 Å². The molecular formula is C61H61BN2. The maximum Gasteiger partial charge on any atom is 0.198 e. The van der Waals surface area contributed by atoms with Crippen LogP contribution < -0.4 is 21.1 Å². The van der Waals surface area contributed by atoms with Crippen molar-refractivity contribution in [3.63, 3.8) is 0 Å². The summed E-state index contributed by atoms with van der Waals surface area (Å²) in [6, 6.07) is 55.1. The summed E-state index contributed by atoms with van der Waals surface area (Å²) in [6.07, 6.45) is 4.69. The van der Waals surface area contributed by atoms with E-state index in [-0.39, 0.29) is 16.2 Å². The van der Waals surface area contributed by atoms with E-state index in [1.807, 2.05) is 0 Å². The summed E-state index contributed by atoms with van der Waals surface area (Å²) in [6.45, 7) is 23.5. The van der Waals surface area contributed by atoms with Gasteiger partial charge in [0.05, 0.1) is 0 Å². The summed E-state index contributed by atoms with van der Waals surface area (Å²) in [4.78, 5) is 2.63. The Morgan fingerprint density at radius 3 is 1.89 bits per heavy atom. The van der Waals surface area contributed by atoms with Crippen molar-refractivity contribution in [2.45, 2.75) is 98.3 Å². The molecule has 0 saturated carbocycles. The van der Waals surface area contributed by atoms with Crippen LogP contribution in [0.1, 0.15) is 109 Å². The van der Waals surface area contributed by atoms with Crippen LogP contribution in [-0.4, -0.2) is 7.28 Å². The molecule has 1 N–H and O–H groups in total. The Morgan fingerprint density at radius 1 is 0.562 bits per heavy atom. The molecule has 318 valence electrons. The van der Waals surface area contributed by atoms with E-state index in [9.17, 15) is 0 Å². The van der Waals surface area contributed by atoms with Crippen LogP contribution in [0.25, 0.3) is 39.0 Å². The molecule has 0 aromatic heterocycles. The molecule has 0 amide bonds. The van der Waals surface area contributed by atoms with Crippen LogP contribution >= 0.6 is 0 Å². The molecule has 1 aliphatic heterocycles. The smallest absolute Gasteiger partial charge is 0.198 e. The minimum Gasteiger partial charge on any atom is -0.355 e. The Balaban J connectivity index is 1.32. The van der Waals surface area contributed by atoms with Crippen molar-refractivity contribution >= 4 is 46.5 Å². The number of aryl methyl sites for hydroxylation is 1. The molecule has 0 fully saturated rings. The summed E-state index contributed by atoms with van der Waals surface area (Å²) in [5.74, 6) is 0. The molecule has 0 spiro atoms. The Kier molecular flexibility index (Phi) is 10.1. The first-order chi connectivity index (χ1) is 30.6. The number of nitrogens with zero attached hydrogens (tertiary/aromatic N) is 1. The number of hydrogen-bond donors (Lipinski definition) is 1. The van der Waals surface area contributed by atoms with Gasteiger partial charge in [-0.2, -0.15) is 0 Å². The van der Waals surface area contributed by atoms with Crippen molar-refractivity contribution in [1.82, 2.24) is 0 Å². The molecule has 1 heterocycles. The zero-order valence-electron chi connectivity index (χ0n) is 39.5. The summed E-state index contributed by atoms with van der Waals surface area (Å²) in [5, 5.41) is 4.02. The maximum atomic E-state index is 4.02. The van der Waals surface area contributed by atoms with E-state index in [1.165, 1.54) is 106 Å². The zero-order chi connectivity index (χ0) is 44.7. The molecule has 64 heavy (non-hydrogen) atoms. The summed E-state index contributed by atoms with van der Waals surface area (Å²) >= 11 is 0. The highest BCUT2D eigenvalue weighted by Crippen LogP contribution is 2.52. The first-order valence-corrected chi connectivity index (χ1v) is 23.3. The van der Waals surface area contributed by atoms with E-state index < -0.39 is 0 Å². The standard InChI is InChI=1S/C61H61BN2/c1-38(2)31-46(42-21-15-12-16-22-42)40(4)64-56-37-51-47(45-23-17-18-24-50(45)61(51,9)10)35-54(56)62-58-49(32-43(33-57(58)64)41-19-13-11-14-20-41)48-34-52-53(60(7,8)30-29-59(52,5)6)36-55(48)63-44-27-25-39(3)26-28-44/h11-28,31-37,62-63H,29-30H2,1-10H3/b46-40-. The van der Waals surface area contributed by atoms with E-state index in [0.717, 1.165) is 31.5 Å². The minimum atomic E-state index is -0.135. The normalized spacial score (nSPS) is 16.2. The second-order valence-corrected chi connectivity index (χ2v) is 20.9. The van der Waals surface area contributed by atoms with Crippen molar-refractivity contribution in [2.24, 2.45) is 0 Å². The molecule has 0 bridgehead atoms. The van der Waals surface area contributed by atoms with Gasteiger partial charge in [0.2, 0.25) is 0 Å². The summed E-state index contributed by atoms with van der Waals surface area (Å²) in [5.41, 5.74) is 27.0. The van der Waals surface area contributed by atoms with Gasteiger partial charge in [-0.25, -0.2) is 0 Å². The Hall–Kier alpha value is -6.32. The van der Waals surface area contributed by atoms with Gasteiger partial charge < -0.3 is 10.2 Å². The van der Waals surface area contributed by atoms with Crippen LogP contribution in [0.2, 0.25) is 0 Å². The highest BCUT2D eigenvalue weighted by Gasteiger charge is 2.41. The number of hydrogen-bond acceptors (Lipinski definition) is 2. The predicted molar refractivity (Wildman–Crippen MR) is 278 cm³/mol. The SMILES string of the molecule is CC(C)=C/C(=C(\C)N1c2cc3c(cc2Bc2c(-c4cc5c(cc4Nc4ccc(C)cc4)C(C)(C)CCC5(C)C)cc(-c4ccccc4)cc21)-c1ccccc1C3(C)C)c1ccccc1. The maximum absolute atomic E-state index is 4.02. The summed E-state index contributed by atoms with van der Waals surface area (Å²) < 4.78 is 0. The van der Waals surface area contributed by atoms with Crippen molar-refractivity contribution < 1.29 is 0 Å².